The zero-order valence-corrected chi connectivity index (χ0v) is 14.6. The number of aliphatic carboxylic acids is 2. The third kappa shape index (κ3) is 2.04. The Morgan fingerprint density at radius 2 is 1.29 bits per heavy atom. The molecule has 0 spiro atoms. The Bertz CT molecular complexity index is 316. The molecular weight excluding hydrogens is 246 g/mol. The number of carboxylic acid groups (broad SMARTS) is 2. The Kier molecular flexibility index (Phi) is 5.78. The van der Waals surface area contributed by atoms with Crippen LogP contribution in [0.2, 0.25) is 0 Å². The summed E-state index contributed by atoms with van der Waals surface area (Å²) in [4.78, 5) is 22.3. The molecule has 2 fully saturated rings. The molecule has 0 radical (unpaired) electrons. The van der Waals surface area contributed by atoms with Crippen LogP contribution in [0.5, 0.6) is 0 Å². The Hall–Kier alpha value is 0.900. The summed E-state index contributed by atoms with van der Waals surface area (Å²) in [6.45, 7) is 2.75. The average molecular weight is 258 g/mol. The Balaban J connectivity index is 0.00000128. The summed E-state index contributed by atoms with van der Waals surface area (Å²) in [6, 6.07) is 0. The first-order chi connectivity index (χ1) is 6.85. The third-order valence-electron chi connectivity index (χ3n) is 4.23. The maximum Gasteiger partial charge on any atom is 1.00 e. The van der Waals surface area contributed by atoms with E-state index in [9.17, 15) is 19.8 Å². The molecule has 7 heteroatoms. The van der Waals surface area contributed by atoms with Gasteiger partial charge in [0.05, 0.1) is 24.1 Å². The van der Waals surface area contributed by atoms with E-state index < -0.39 is 35.0 Å². The van der Waals surface area contributed by atoms with Gasteiger partial charge >= 0.3 is 59.1 Å². The van der Waals surface area contributed by atoms with E-state index in [4.69, 9.17) is 4.74 Å². The fourth-order valence-corrected chi connectivity index (χ4v) is 2.84. The van der Waals surface area contributed by atoms with Crippen molar-refractivity contribution in [2.75, 3.05) is 0 Å². The zero-order valence-electron chi connectivity index (χ0n) is 10.6. The third-order valence-corrected chi connectivity index (χ3v) is 4.23. The van der Waals surface area contributed by atoms with E-state index in [1.165, 1.54) is 13.8 Å². The summed E-state index contributed by atoms with van der Waals surface area (Å²) in [5.41, 5.74) is -2.98. The van der Waals surface area contributed by atoms with Crippen LogP contribution in [-0.4, -0.2) is 24.1 Å². The number of ether oxygens (including phenoxy) is 1. The fourth-order valence-electron chi connectivity index (χ4n) is 2.84. The molecule has 5 nitrogen and oxygen atoms in total. The first-order valence-corrected chi connectivity index (χ1v) is 4.93. The van der Waals surface area contributed by atoms with Crippen molar-refractivity contribution in [3.63, 3.8) is 0 Å². The first-order valence-electron chi connectivity index (χ1n) is 4.93. The van der Waals surface area contributed by atoms with Crippen molar-refractivity contribution in [1.82, 2.24) is 0 Å². The Labute approximate surface area is 144 Å². The van der Waals surface area contributed by atoms with Crippen molar-refractivity contribution in [2.45, 2.75) is 38.9 Å². The number of hydrogen-bond acceptors (Lipinski definition) is 5. The van der Waals surface area contributed by atoms with E-state index in [2.05, 4.69) is 0 Å². The number of rotatable bonds is 2. The molecule has 2 rings (SSSR count). The van der Waals surface area contributed by atoms with Gasteiger partial charge in [-0.25, -0.2) is 0 Å². The molecule has 0 aromatic carbocycles. The predicted octanol–water partition coefficient (Wildman–Crippen LogP) is -7.93. The molecule has 2 bridgehead atoms. The van der Waals surface area contributed by atoms with Gasteiger partial charge in [0.1, 0.15) is 0 Å². The molecule has 2 aliphatic rings. The summed E-state index contributed by atoms with van der Waals surface area (Å²) >= 11 is 0. The van der Waals surface area contributed by atoms with Crippen molar-refractivity contribution in [3.8, 4) is 0 Å². The van der Waals surface area contributed by atoms with E-state index in [1.54, 1.807) is 0 Å². The fraction of sp³-hybridized carbons (Fsp3) is 0.800. The van der Waals surface area contributed by atoms with Gasteiger partial charge in [0.2, 0.25) is 0 Å². The minimum Gasteiger partial charge on any atom is -0.549 e. The molecule has 0 unspecified atom stereocenters. The summed E-state index contributed by atoms with van der Waals surface area (Å²) in [5, 5.41) is 22.3. The second-order valence-corrected chi connectivity index (χ2v) is 4.67. The molecule has 2 saturated heterocycles. The van der Waals surface area contributed by atoms with Crippen LogP contribution in [0.3, 0.4) is 0 Å². The maximum absolute atomic E-state index is 11.2. The molecule has 0 aliphatic carbocycles. The number of fused-ring (bicyclic) bond motifs is 2. The van der Waals surface area contributed by atoms with Crippen LogP contribution in [0.15, 0.2) is 0 Å². The average Bonchev–Trinajstić information content (AvgIpc) is 2.69. The quantitative estimate of drug-likeness (QED) is 0.459. The standard InChI is InChI=1S/C10H14O5.2Na/c1-9(7(11)12)5-3-4-6(15-5)10(9,2)8(13)14;;/h5-6H,3-4H2,1-2H3,(H,11,12)(H,13,14);;/q;2*+1/p-2/t5-,6+,9-,10-;;/m1../s1. The molecule has 0 saturated carbocycles. The number of carbonyl (C=O) groups is 2. The van der Waals surface area contributed by atoms with Crippen molar-refractivity contribution in [1.29, 1.82) is 0 Å². The molecule has 0 aromatic heterocycles. The minimum absolute atomic E-state index is 0. The molecule has 4 atom stereocenters. The topological polar surface area (TPSA) is 89.5 Å². The Morgan fingerprint density at radius 3 is 1.53 bits per heavy atom. The first kappa shape index (κ1) is 17.9. The van der Waals surface area contributed by atoms with Gasteiger partial charge in [0.25, 0.3) is 0 Å². The van der Waals surface area contributed by atoms with Gasteiger partial charge in [-0.1, -0.05) is 13.8 Å². The van der Waals surface area contributed by atoms with E-state index in [-0.39, 0.29) is 59.1 Å². The van der Waals surface area contributed by atoms with Crippen LogP contribution in [-0.2, 0) is 14.3 Å². The molecule has 0 N–H and O–H groups in total. The molecule has 2 aliphatic heterocycles. The SMILES string of the molecule is C[C@]1(C(=O)[O-])[C@@H]2CC[C@@H](O2)[C@]1(C)C(=O)[O-].[Na+].[Na+]. The number of carbonyl (C=O) groups excluding carboxylic acids is 2. The van der Waals surface area contributed by atoms with E-state index in [0.29, 0.717) is 12.8 Å². The van der Waals surface area contributed by atoms with Crippen LogP contribution in [0, 0.1) is 10.8 Å². The van der Waals surface area contributed by atoms with Crippen LogP contribution >= 0.6 is 0 Å². The summed E-state index contributed by atoms with van der Waals surface area (Å²) < 4.78 is 5.38. The van der Waals surface area contributed by atoms with Crippen molar-refractivity contribution in [3.05, 3.63) is 0 Å². The van der Waals surface area contributed by atoms with Crippen LogP contribution in [0.25, 0.3) is 0 Å². The predicted molar refractivity (Wildman–Crippen MR) is 44.1 cm³/mol. The summed E-state index contributed by atoms with van der Waals surface area (Å²) in [6.07, 6.45) is -0.0125. The second-order valence-electron chi connectivity index (χ2n) is 4.67. The van der Waals surface area contributed by atoms with Gasteiger partial charge in [-0.05, 0) is 12.8 Å². The smallest absolute Gasteiger partial charge is 0.549 e. The summed E-state index contributed by atoms with van der Waals surface area (Å²) in [7, 11) is 0. The van der Waals surface area contributed by atoms with Crippen molar-refractivity contribution in [2.24, 2.45) is 10.8 Å². The molecule has 17 heavy (non-hydrogen) atoms. The Morgan fingerprint density at radius 1 is 1.00 bits per heavy atom. The van der Waals surface area contributed by atoms with Crippen LogP contribution in [0.4, 0.5) is 0 Å². The maximum atomic E-state index is 11.2. The normalized spacial score (nSPS) is 42.5. The number of hydrogen-bond donors (Lipinski definition) is 0. The molecule has 0 amide bonds. The van der Waals surface area contributed by atoms with Gasteiger partial charge in [-0.3, -0.25) is 0 Å². The van der Waals surface area contributed by atoms with Crippen LogP contribution in [0.1, 0.15) is 26.7 Å². The van der Waals surface area contributed by atoms with Gasteiger partial charge in [0, 0.05) is 10.8 Å². The van der Waals surface area contributed by atoms with Gasteiger partial charge in [-0.15, -0.1) is 0 Å². The van der Waals surface area contributed by atoms with Crippen molar-refractivity contribution >= 4 is 11.9 Å². The minimum atomic E-state index is -1.49. The van der Waals surface area contributed by atoms with E-state index in [1.807, 2.05) is 0 Å². The molecule has 84 valence electrons. The number of carboxylic acids is 2. The van der Waals surface area contributed by atoms with Crippen molar-refractivity contribution < 1.29 is 83.7 Å². The van der Waals surface area contributed by atoms with E-state index >= 15 is 0 Å². The molecule has 0 aromatic rings. The molecule has 2 heterocycles. The molecular formula is C10H12Na2O5. The van der Waals surface area contributed by atoms with Gasteiger partial charge in [0.15, 0.2) is 0 Å². The van der Waals surface area contributed by atoms with Gasteiger partial charge < -0.3 is 24.5 Å². The second kappa shape index (κ2) is 5.49. The monoisotopic (exact) mass is 258 g/mol. The largest absolute Gasteiger partial charge is 1.00 e. The summed E-state index contributed by atoms with van der Waals surface area (Å²) in [5.74, 6) is -2.75. The van der Waals surface area contributed by atoms with E-state index in [0.717, 1.165) is 0 Å². The van der Waals surface area contributed by atoms with Gasteiger partial charge in [-0.2, -0.15) is 0 Å². The van der Waals surface area contributed by atoms with Crippen LogP contribution < -0.4 is 69.3 Å². The zero-order chi connectivity index (χ0) is 11.4.